The van der Waals surface area contributed by atoms with Gasteiger partial charge in [0.1, 0.15) is 0 Å². The molecule has 0 aliphatic rings. The Balaban J connectivity index is 3.76. The lowest BCUT2D eigenvalue weighted by molar-refractivity contribution is -0.164. The highest BCUT2D eigenvalue weighted by Gasteiger charge is 2.13. The maximum Gasteiger partial charge on any atom is 0.314 e. The van der Waals surface area contributed by atoms with E-state index in [9.17, 15) is 19.2 Å². The largest absolute Gasteiger partial charge is 0.393 e. The van der Waals surface area contributed by atoms with E-state index in [0.29, 0.717) is 0 Å². The zero-order valence-corrected chi connectivity index (χ0v) is 8.57. The maximum atomic E-state index is 10.9. The first-order valence-corrected chi connectivity index (χ1v) is 4.40. The van der Waals surface area contributed by atoms with Crippen molar-refractivity contribution in [2.75, 3.05) is 0 Å². The Morgan fingerprint density at radius 1 is 0.867 bits per heavy atom. The lowest BCUT2D eigenvalue weighted by Crippen LogP contribution is -2.15. The van der Waals surface area contributed by atoms with Crippen molar-refractivity contribution in [3.63, 3.8) is 0 Å². The standard InChI is InChI=1S/C9H12O6/c1-3-7(11)15-9(13)5-4-8(12)14-6(2)10/h3-5H2,1-2H3. The molecule has 6 nitrogen and oxygen atoms in total. The van der Waals surface area contributed by atoms with Crippen LogP contribution >= 0.6 is 0 Å². The number of ether oxygens (including phenoxy) is 2. The second-order valence-electron chi connectivity index (χ2n) is 2.67. The molecule has 6 heteroatoms. The number of esters is 4. The van der Waals surface area contributed by atoms with E-state index >= 15 is 0 Å². The van der Waals surface area contributed by atoms with Crippen molar-refractivity contribution in [2.45, 2.75) is 33.1 Å². The van der Waals surface area contributed by atoms with Gasteiger partial charge in [-0.3, -0.25) is 19.2 Å². The molecule has 0 aromatic carbocycles. The molecule has 0 heterocycles. The van der Waals surface area contributed by atoms with Crippen LogP contribution in [0.15, 0.2) is 0 Å². The minimum absolute atomic E-state index is 0.0869. The van der Waals surface area contributed by atoms with Gasteiger partial charge in [0.05, 0.1) is 12.8 Å². The monoisotopic (exact) mass is 216 g/mol. The van der Waals surface area contributed by atoms with Crippen LogP contribution in [0.4, 0.5) is 0 Å². The Bertz CT molecular complexity index is 280. The summed E-state index contributed by atoms with van der Waals surface area (Å²) < 4.78 is 8.45. The predicted octanol–water partition coefficient (Wildman–Crippen LogP) is 0.336. The van der Waals surface area contributed by atoms with Crippen LogP contribution in [-0.4, -0.2) is 23.9 Å². The molecule has 0 unspecified atom stereocenters. The Morgan fingerprint density at radius 2 is 1.33 bits per heavy atom. The van der Waals surface area contributed by atoms with Gasteiger partial charge < -0.3 is 9.47 Å². The number of carbonyl (C=O) groups is 4. The van der Waals surface area contributed by atoms with E-state index < -0.39 is 23.9 Å². The fraction of sp³-hybridized carbons (Fsp3) is 0.556. The Hall–Kier alpha value is -1.72. The number of rotatable bonds is 4. The molecule has 0 aromatic heterocycles. The van der Waals surface area contributed by atoms with E-state index in [1.165, 1.54) is 0 Å². The molecule has 0 bridgehead atoms. The SMILES string of the molecule is CCC(=O)OC(=O)CCC(=O)OC(C)=O. The molecular formula is C9H12O6. The predicted molar refractivity (Wildman–Crippen MR) is 47.4 cm³/mol. The average molecular weight is 216 g/mol. The van der Waals surface area contributed by atoms with E-state index in [-0.39, 0.29) is 19.3 Å². The third kappa shape index (κ3) is 7.36. The molecule has 0 amide bonds. The summed E-state index contributed by atoms with van der Waals surface area (Å²) in [6.07, 6.45) is -0.475. The maximum absolute atomic E-state index is 10.9. The molecule has 15 heavy (non-hydrogen) atoms. The van der Waals surface area contributed by atoms with Crippen LogP contribution in [0.5, 0.6) is 0 Å². The zero-order valence-electron chi connectivity index (χ0n) is 8.57. The molecule has 0 aliphatic carbocycles. The van der Waals surface area contributed by atoms with Gasteiger partial charge >= 0.3 is 23.9 Å². The number of hydrogen-bond donors (Lipinski definition) is 0. The lowest BCUT2D eigenvalue weighted by atomic mass is 10.3. The van der Waals surface area contributed by atoms with Crippen molar-refractivity contribution in [2.24, 2.45) is 0 Å². The quantitative estimate of drug-likeness (QED) is 0.497. The van der Waals surface area contributed by atoms with Gasteiger partial charge in [0.15, 0.2) is 0 Å². The lowest BCUT2D eigenvalue weighted by Gasteiger charge is -2.00. The first-order valence-electron chi connectivity index (χ1n) is 4.40. The zero-order chi connectivity index (χ0) is 11.8. The van der Waals surface area contributed by atoms with E-state index in [1.54, 1.807) is 6.92 Å². The van der Waals surface area contributed by atoms with Gasteiger partial charge in [-0.05, 0) is 0 Å². The Labute approximate surface area is 86.5 Å². The average Bonchev–Trinajstić information content (AvgIpc) is 2.13. The Kier molecular flexibility index (Phi) is 5.92. The van der Waals surface area contributed by atoms with E-state index in [0.717, 1.165) is 6.92 Å². The normalized spacial score (nSPS) is 9.20. The summed E-state index contributed by atoms with van der Waals surface area (Å²) in [4.78, 5) is 42.6. The number of carbonyl (C=O) groups excluding carboxylic acids is 4. The third-order valence-electron chi connectivity index (χ3n) is 1.31. The van der Waals surface area contributed by atoms with Crippen molar-refractivity contribution < 1.29 is 28.7 Å². The summed E-state index contributed by atoms with van der Waals surface area (Å²) >= 11 is 0. The van der Waals surface area contributed by atoms with Crippen LogP contribution in [0, 0.1) is 0 Å². The van der Waals surface area contributed by atoms with Crippen molar-refractivity contribution in [3.8, 4) is 0 Å². The smallest absolute Gasteiger partial charge is 0.314 e. The molecule has 0 N–H and O–H groups in total. The highest BCUT2D eigenvalue weighted by molar-refractivity contribution is 5.89. The van der Waals surface area contributed by atoms with Crippen molar-refractivity contribution in [3.05, 3.63) is 0 Å². The van der Waals surface area contributed by atoms with Gasteiger partial charge in [0.25, 0.3) is 0 Å². The minimum Gasteiger partial charge on any atom is -0.393 e. The molecule has 0 aromatic rings. The van der Waals surface area contributed by atoms with Crippen LogP contribution in [0.1, 0.15) is 33.1 Å². The van der Waals surface area contributed by atoms with Crippen molar-refractivity contribution in [1.82, 2.24) is 0 Å². The molecule has 0 atom stereocenters. The van der Waals surface area contributed by atoms with Gasteiger partial charge in [0.2, 0.25) is 0 Å². The molecule has 0 saturated carbocycles. The molecule has 0 saturated heterocycles. The summed E-state index contributed by atoms with van der Waals surface area (Å²) in [5.41, 5.74) is 0. The topological polar surface area (TPSA) is 86.7 Å². The van der Waals surface area contributed by atoms with Crippen molar-refractivity contribution in [1.29, 1.82) is 0 Å². The molecule has 0 fully saturated rings. The second kappa shape index (κ2) is 6.69. The first kappa shape index (κ1) is 13.3. The molecule has 0 spiro atoms. The van der Waals surface area contributed by atoms with E-state index in [2.05, 4.69) is 9.47 Å². The van der Waals surface area contributed by atoms with Gasteiger partial charge in [-0.2, -0.15) is 0 Å². The third-order valence-corrected chi connectivity index (χ3v) is 1.31. The molecule has 0 rings (SSSR count). The van der Waals surface area contributed by atoms with Crippen LogP contribution in [0.25, 0.3) is 0 Å². The molecular weight excluding hydrogens is 204 g/mol. The summed E-state index contributed by atoms with van der Waals surface area (Å²) in [5.74, 6) is -3.01. The van der Waals surface area contributed by atoms with Crippen LogP contribution in [0.2, 0.25) is 0 Å². The fourth-order valence-electron chi connectivity index (χ4n) is 0.666. The Morgan fingerprint density at radius 3 is 1.73 bits per heavy atom. The van der Waals surface area contributed by atoms with Gasteiger partial charge in [-0.25, -0.2) is 0 Å². The molecule has 0 radical (unpaired) electrons. The van der Waals surface area contributed by atoms with Crippen LogP contribution in [0.3, 0.4) is 0 Å². The van der Waals surface area contributed by atoms with Crippen LogP contribution in [-0.2, 0) is 28.7 Å². The molecule has 84 valence electrons. The highest BCUT2D eigenvalue weighted by atomic mass is 16.6. The highest BCUT2D eigenvalue weighted by Crippen LogP contribution is 1.97. The summed E-state index contributed by atoms with van der Waals surface area (Å²) in [6.45, 7) is 2.62. The number of hydrogen-bond acceptors (Lipinski definition) is 6. The minimum atomic E-state index is -0.816. The fourth-order valence-corrected chi connectivity index (χ4v) is 0.666. The van der Waals surface area contributed by atoms with Gasteiger partial charge in [0, 0.05) is 13.3 Å². The summed E-state index contributed by atoms with van der Waals surface area (Å²) in [7, 11) is 0. The summed E-state index contributed by atoms with van der Waals surface area (Å²) in [5, 5.41) is 0. The van der Waals surface area contributed by atoms with Crippen molar-refractivity contribution >= 4 is 23.9 Å². The van der Waals surface area contributed by atoms with E-state index in [4.69, 9.17) is 0 Å². The first-order chi connectivity index (χ1) is 6.95. The van der Waals surface area contributed by atoms with Gasteiger partial charge in [-0.15, -0.1) is 0 Å². The summed E-state index contributed by atoms with van der Waals surface area (Å²) in [6, 6.07) is 0. The second-order valence-corrected chi connectivity index (χ2v) is 2.67. The van der Waals surface area contributed by atoms with Gasteiger partial charge in [-0.1, -0.05) is 6.92 Å². The van der Waals surface area contributed by atoms with Crippen LogP contribution < -0.4 is 0 Å². The van der Waals surface area contributed by atoms with E-state index in [1.807, 2.05) is 0 Å². The molecule has 0 aliphatic heterocycles.